The average Bonchev–Trinajstić information content (AvgIpc) is 3.28. The molecular weight excluding hydrogens is 375 g/mol. The molecule has 0 unspecified atom stereocenters. The molecule has 4 rings (SSSR count). The summed E-state index contributed by atoms with van der Waals surface area (Å²) in [5, 5.41) is 5.95. The Labute approximate surface area is 166 Å². The van der Waals surface area contributed by atoms with Gasteiger partial charge in [0.2, 0.25) is 0 Å². The van der Waals surface area contributed by atoms with E-state index in [4.69, 9.17) is 4.74 Å². The Kier molecular flexibility index (Phi) is 5.25. The molecule has 0 saturated carbocycles. The zero-order chi connectivity index (χ0) is 19.5. The summed E-state index contributed by atoms with van der Waals surface area (Å²) >= 11 is 1.59. The molecule has 0 saturated heterocycles. The Morgan fingerprint density at radius 2 is 2.07 bits per heavy atom. The molecule has 0 atom stereocenters. The molecule has 28 heavy (non-hydrogen) atoms. The highest BCUT2D eigenvalue weighted by atomic mass is 32.1. The first kappa shape index (κ1) is 18.4. The summed E-state index contributed by atoms with van der Waals surface area (Å²) in [5.41, 5.74) is 2.40. The highest BCUT2D eigenvalue weighted by molar-refractivity contribution is 7.13. The molecule has 0 spiro atoms. The minimum absolute atomic E-state index is 0.150. The molecule has 0 radical (unpaired) electrons. The lowest BCUT2D eigenvalue weighted by Crippen LogP contribution is -2.12. The number of thiophene rings is 1. The molecule has 144 valence electrons. The van der Waals surface area contributed by atoms with Crippen molar-refractivity contribution in [3.05, 3.63) is 59.6 Å². The second kappa shape index (κ2) is 7.98. The van der Waals surface area contributed by atoms with Gasteiger partial charge in [-0.25, -0.2) is 14.4 Å². The van der Waals surface area contributed by atoms with E-state index in [1.54, 1.807) is 17.7 Å². The van der Waals surface area contributed by atoms with Crippen LogP contribution < -0.4 is 10.1 Å². The number of benzene rings is 1. The quantitative estimate of drug-likeness (QED) is 0.471. The maximum atomic E-state index is 14.4. The smallest absolute Gasteiger partial charge is 0.151 e. The van der Waals surface area contributed by atoms with Crippen molar-refractivity contribution in [2.45, 2.75) is 20.4 Å². The van der Waals surface area contributed by atoms with Crippen molar-refractivity contribution in [3.8, 4) is 16.3 Å². The minimum atomic E-state index is -0.150. The Hall–Kier alpha value is -2.93. The Morgan fingerprint density at radius 1 is 1.21 bits per heavy atom. The number of aromatic nitrogens is 3. The molecule has 0 bridgehead atoms. The third-order valence-electron chi connectivity index (χ3n) is 4.60. The van der Waals surface area contributed by atoms with E-state index in [1.165, 1.54) is 0 Å². The number of nitrogens with one attached hydrogen (secondary N) is 1. The van der Waals surface area contributed by atoms with E-state index in [-0.39, 0.29) is 5.82 Å². The highest BCUT2D eigenvalue weighted by Crippen LogP contribution is 2.30. The first-order valence-corrected chi connectivity index (χ1v) is 10.1. The number of fused-ring (bicyclic) bond motifs is 1. The molecular formula is C21H21FN4OS. The molecule has 1 aromatic carbocycles. The molecule has 7 heteroatoms. The number of ether oxygens (including phenoxy) is 1. The Morgan fingerprint density at radius 3 is 2.93 bits per heavy atom. The van der Waals surface area contributed by atoms with Crippen LogP contribution in [0.2, 0.25) is 0 Å². The maximum absolute atomic E-state index is 14.4. The summed E-state index contributed by atoms with van der Waals surface area (Å²) in [7, 11) is 0. The molecule has 0 fully saturated rings. The number of hydrogen-bond acceptors (Lipinski definition) is 5. The zero-order valence-electron chi connectivity index (χ0n) is 15.8. The van der Waals surface area contributed by atoms with E-state index in [2.05, 4.69) is 15.3 Å². The van der Waals surface area contributed by atoms with Crippen molar-refractivity contribution in [1.82, 2.24) is 14.5 Å². The van der Waals surface area contributed by atoms with Gasteiger partial charge in [0.15, 0.2) is 5.82 Å². The van der Waals surface area contributed by atoms with E-state index in [1.807, 2.05) is 60.2 Å². The van der Waals surface area contributed by atoms with E-state index < -0.39 is 0 Å². The van der Waals surface area contributed by atoms with Gasteiger partial charge in [-0.15, -0.1) is 11.3 Å². The minimum Gasteiger partial charge on any atom is -0.493 e. The molecule has 1 N–H and O–H groups in total. The van der Waals surface area contributed by atoms with Gasteiger partial charge in [0.05, 0.1) is 28.4 Å². The maximum Gasteiger partial charge on any atom is 0.151 e. The van der Waals surface area contributed by atoms with Crippen LogP contribution in [0.1, 0.15) is 12.6 Å². The lowest BCUT2D eigenvalue weighted by Gasteiger charge is -2.10. The van der Waals surface area contributed by atoms with Crippen LogP contribution in [0.15, 0.2) is 48.1 Å². The number of hydrogen-bond donors (Lipinski definition) is 1. The second-order valence-corrected chi connectivity index (χ2v) is 7.27. The van der Waals surface area contributed by atoms with Crippen molar-refractivity contribution >= 4 is 28.1 Å². The number of anilines is 1. The van der Waals surface area contributed by atoms with Gasteiger partial charge in [-0.2, -0.15) is 0 Å². The van der Waals surface area contributed by atoms with Crippen LogP contribution in [-0.4, -0.2) is 27.7 Å². The molecule has 3 heterocycles. The summed E-state index contributed by atoms with van der Waals surface area (Å²) in [6.45, 7) is 5.68. The monoisotopic (exact) mass is 396 g/mol. The summed E-state index contributed by atoms with van der Waals surface area (Å²) in [5.74, 6) is 1.45. The Balaban J connectivity index is 1.47. The largest absolute Gasteiger partial charge is 0.493 e. The van der Waals surface area contributed by atoms with Gasteiger partial charge in [0.25, 0.3) is 0 Å². The standard InChI is InChI=1S/C21H21FN4OS/c1-3-27-15-10-19(28-12-15)17-11-20(25-13-24-17)23-8-9-26-14(2)21(22)16-6-4-5-7-18(16)26/h4-7,10-13H,3,8-9H2,1-2H3,(H,23,24,25). The van der Waals surface area contributed by atoms with Gasteiger partial charge >= 0.3 is 0 Å². The van der Waals surface area contributed by atoms with Crippen LogP contribution in [0.4, 0.5) is 10.2 Å². The average molecular weight is 396 g/mol. The SMILES string of the molecule is CCOc1csc(-c2cc(NCCn3c(C)c(F)c4ccccc43)ncn2)c1. The fourth-order valence-electron chi connectivity index (χ4n) is 3.26. The fourth-order valence-corrected chi connectivity index (χ4v) is 4.05. The van der Waals surface area contributed by atoms with Crippen LogP contribution in [0.5, 0.6) is 5.75 Å². The second-order valence-electron chi connectivity index (χ2n) is 6.36. The fraction of sp³-hybridized carbons (Fsp3) is 0.238. The van der Waals surface area contributed by atoms with Crippen LogP contribution in [0.3, 0.4) is 0 Å². The van der Waals surface area contributed by atoms with Crippen LogP contribution in [0.25, 0.3) is 21.5 Å². The number of nitrogens with zero attached hydrogens (tertiary/aromatic N) is 3. The summed E-state index contributed by atoms with van der Waals surface area (Å²) in [6, 6.07) is 11.5. The van der Waals surface area contributed by atoms with Crippen molar-refractivity contribution in [1.29, 1.82) is 0 Å². The molecule has 5 nitrogen and oxygen atoms in total. The molecule has 0 aliphatic carbocycles. The number of para-hydroxylation sites is 1. The van der Waals surface area contributed by atoms with Gasteiger partial charge in [0.1, 0.15) is 17.9 Å². The van der Waals surface area contributed by atoms with Gasteiger partial charge in [0, 0.05) is 36.0 Å². The molecule has 0 amide bonds. The Bertz CT molecular complexity index is 1100. The van der Waals surface area contributed by atoms with E-state index in [9.17, 15) is 4.39 Å². The zero-order valence-corrected chi connectivity index (χ0v) is 16.6. The van der Waals surface area contributed by atoms with Crippen LogP contribution in [-0.2, 0) is 6.54 Å². The first-order valence-electron chi connectivity index (χ1n) is 9.18. The van der Waals surface area contributed by atoms with Crippen molar-refractivity contribution in [3.63, 3.8) is 0 Å². The van der Waals surface area contributed by atoms with Crippen molar-refractivity contribution in [2.24, 2.45) is 0 Å². The third kappa shape index (κ3) is 3.57. The first-order chi connectivity index (χ1) is 13.7. The third-order valence-corrected chi connectivity index (χ3v) is 5.53. The predicted molar refractivity (Wildman–Crippen MR) is 112 cm³/mol. The topological polar surface area (TPSA) is 52.0 Å². The predicted octanol–water partition coefficient (Wildman–Crippen LogP) is 5.12. The lowest BCUT2D eigenvalue weighted by atomic mass is 10.2. The van der Waals surface area contributed by atoms with E-state index in [0.717, 1.165) is 27.7 Å². The van der Waals surface area contributed by atoms with Crippen molar-refractivity contribution in [2.75, 3.05) is 18.5 Å². The van der Waals surface area contributed by atoms with Crippen LogP contribution in [0, 0.1) is 12.7 Å². The molecule has 0 aliphatic heterocycles. The number of halogens is 1. The normalized spacial score (nSPS) is 11.1. The van der Waals surface area contributed by atoms with Gasteiger partial charge in [-0.1, -0.05) is 12.1 Å². The summed E-state index contributed by atoms with van der Waals surface area (Å²) < 4.78 is 21.9. The van der Waals surface area contributed by atoms with Crippen molar-refractivity contribution < 1.29 is 9.13 Å². The van der Waals surface area contributed by atoms with Crippen LogP contribution >= 0.6 is 11.3 Å². The highest BCUT2D eigenvalue weighted by Gasteiger charge is 2.13. The van der Waals surface area contributed by atoms with E-state index in [0.29, 0.717) is 30.8 Å². The molecule has 4 aromatic rings. The lowest BCUT2D eigenvalue weighted by molar-refractivity contribution is 0.342. The number of rotatable bonds is 7. The van der Waals surface area contributed by atoms with E-state index >= 15 is 0 Å². The summed E-state index contributed by atoms with van der Waals surface area (Å²) in [4.78, 5) is 9.68. The summed E-state index contributed by atoms with van der Waals surface area (Å²) in [6.07, 6.45) is 1.55. The molecule has 0 aliphatic rings. The van der Waals surface area contributed by atoms with Gasteiger partial charge in [-0.3, -0.25) is 0 Å². The van der Waals surface area contributed by atoms with Gasteiger partial charge < -0.3 is 14.6 Å². The molecule has 3 aromatic heterocycles. The van der Waals surface area contributed by atoms with Gasteiger partial charge in [-0.05, 0) is 26.0 Å².